The molecule has 0 bridgehead atoms. The molecule has 1 aromatic carbocycles. The summed E-state index contributed by atoms with van der Waals surface area (Å²) < 4.78 is 0. The summed E-state index contributed by atoms with van der Waals surface area (Å²) in [5, 5.41) is 11.9. The Hall–Kier alpha value is -1.51. The van der Waals surface area contributed by atoms with Gasteiger partial charge in [-0.15, -0.1) is 0 Å². The molecule has 1 atom stereocenters. The highest BCUT2D eigenvalue weighted by Gasteiger charge is 2.07. The maximum Gasteiger partial charge on any atom is 0.224 e. The molecule has 1 radical (unpaired) electrons. The predicted octanol–water partition coefficient (Wildman–Crippen LogP) is 2.26. The number of hydrogen-bond donors (Lipinski definition) is 2. The molecule has 1 amide bonds. The largest absolute Gasteiger partial charge is 0.508 e. The van der Waals surface area contributed by atoms with Gasteiger partial charge in [0.1, 0.15) is 5.75 Å². The van der Waals surface area contributed by atoms with Crippen molar-refractivity contribution in [2.45, 2.75) is 26.8 Å². The second-order valence-corrected chi connectivity index (χ2v) is 3.94. The molecule has 0 heterocycles. The number of phenolic OH excluding ortho intramolecular Hbond substituents is 1. The summed E-state index contributed by atoms with van der Waals surface area (Å²) in [4.78, 5) is 11.4. The Balaban J connectivity index is 2.34. The Labute approximate surface area is 96.5 Å². The molecule has 0 spiro atoms. The molecule has 0 saturated heterocycles. The second kappa shape index (κ2) is 6.16. The van der Waals surface area contributed by atoms with Crippen LogP contribution in [-0.2, 0) is 11.3 Å². The Morgan fingerprint density at radius 1 is 1.44 bits per heavy atom. The summed E-state index contributed by atoms with van der Waals surface area (Å²) in [5.74, 6) is 0.503. The highest BCUT2D eigenvalue weighted by atomic mass is 16.3. The van der Waals surface area contributed by atoms with Gasteiger partial charge in [-0.1, -0.05) is 32.4 Å². The van der Waals surface area contributed by atoms with Gasteiger partial charge in [-0.05, 0) is 23.6 Å². The van der Waals surface area contributed by atoms with E-state index in [1.807, 2.05) is 6.92 Å². The third kappa shape index (κ3) is 4.34. The van der Waals surface area contributed by atoms with E-state index in [-0.39, 0.29) is 11.7 Å². The summed E-state index contributed by atoms with van der Waals surface area (Å²) in [6.07, 6.45) is 2.66. The number of hydrogen-bond acceptors (Lipinski definition) is 2. The van der Waals surface area contributed by atoms with Crippen molar-refractivity contribution in [1.29, 1.82) is 0 Å². The smallest absolute Gasteiger partial charge is 0.224 e. The lowest BCUT2D eigenvalue weighted by atomic mass is 10.1. The van der Waals surface area contributed by atoms with Crippen LogP contribution < -0.4 is 5.32 Å². The number of nitrogens with one attached hydrogen (secondary N) is 1. The first-order chi connectivity index (χ1) is 7.61. The van der Waals surface area contributed by atoms with E-state index >= 15 is 0 Å². The van der Waals surface area contributed by atoms with Crippen LogP contribution in [0.3, 0.4) is 0 Å². The van der Waals surface area contributed by atoms with Gasteiger partial charge in [0, 0.05) is 6.54 Å². The van der Waals surface area contributed by atoms with E-state index in [9.17, 15) is 4.79 Å². The summed E-state index contributed by atoms with van der Waals surface area (Å²) >= 11 is 0. The van der Waals surface area contributed by atoms with Crippen LogP contribution in [0.15, 0.2) is 24.3 Å². The molecule has 0 aliphatic carbocycles. The third-order valence-corrected chi connectivity index (χ3v) is 2.48. The fourth-order valence-corrected chi connectivity index (χ4v) is 1.24. The molecule has 3 nitrogen and oxygen atoms in total. The van der Waals surface area contributed by atoms with E-state index in [0.717, 1.165) is 12.0 Å². The number of carbonyl (C=O) groups is 1. The van der Waals surface area contributed by atoms with Crippen LogP contribution in [0.2, 0.25) is 0 Å². The van der Waals surface area contributed by atoms with Gasteiger partial charge in [0.15, 0.2) is 0 Å². The molecular weight excluding hydrogens is 202 g/mol. The third-order valence-electron chi connectivity index (χ3n) is 2.48. The van der Waals surface area contributed by atoms with Crippen LogP contribution in [0.1, 0.15) is 25.8 Å². The van der Waals surface area contributed by atoms with E-state index in [2.05, 4.69) is 12.2 Å². The van der Waals surface area contributed by atoms with E-state index in [4.69, 9.17) is 5.11 Å². The number of aromatic hydroxyl groups is 1. The van der Waals surface area contributed by atoms with Crippen molar-refractivity contribution < 1.29 is 9.90 Å². The zero-order valence-electron chi connectivity index (χ0n) is 9.73. The normalized spacial score (nSPS) is 12.1. The molecule has 0 aliphatic heterocycles. The van der Waals surface area contributed by atoms with Gasteiger partial charge >= 0.3 is 0 Å². The average molecular weight is 220 g/mol. The number of rotatable bonds is 5. The maximum atomic E-state index is 11.4. The quantitative estimate of drug-likeness (QED) is 0.799. The molecular formula is C13H18NO2. The lowest BCUT2D eigenvalue weighted by Crippen LogP contribution is -2.24. The molecule has 3 heteroatoms. The highest BCUT2D eigenvalue weighted by Crippen LogP contribution is 2.09. The van der Waals surface area contributed by atoms with Gasteiger partial charge in [0.25, 0.3) is 0 Å². The molecule has 0 aromatic heterocycles. The molecule has 1 aromatic rings. The summed E-state index contributed by atoms with van der Waals surface area (Å²) in [5.41, 5.74) is 0.976. The molecule has 0 unspecified atom stereocenters. The minimum atomic E-state index is -0.0394. The van der Waals surface area contributed by atoms with Crippen LogP contribution >= 0.6 is 0 Å². The molecule has 0 saturated carbocycles. The molecule has 0 fully saturated rings. The fraction of sp³-hybridized carbons (Fsp3) is 0.385. The first-order valence-corrected chi connectivity index (χ1v) is 5.52. The zero-order valence-corrected chi connectivity index (χ0v) is 9.73. The molecule has 0 aliphatic rings. The summed E-state index contributed by atoms with van der Waals surface area (Å²) in [6, 6.07) is 6.80. The monoisotopic (exact) mass is 220 g/mol. The molecule has 2 N–H and O–H groups in total. The molecule has 87 valence electrons. The number of phenols is 1. The van der Waals surface area contributed by atoms with Gasteiger partial charge in [-0.2, -0.15) is 0 Å². The average Bonchev–Trinajstić information content (AvgIpc) is 2.28. The van der Waals surface area contributed by atoms with Crippen molar-refractivity contribution >= 4 is 5.91 Å². The first kappa shape index (κ1) is 12.6. The van der Waals surface area contributed by atoms with Crippen molar-refractivity contribution in [3.05, 3.63) is 36.2 Å². The van der Waals surface area contributed by atoms with Crippen molar-refractivity contribution in [2.75, 3.05) is 0 Å². The van der Waals surface area contributed by atoms with Crippen molar-refractivity contribution in [1.82, 2.24) is 5.32 Å². The minimum Gasteiger partial charge on any atom is -0.508 e. The lowest BCUT2D eigenvalue weighted by molar-refractivity contribution is -0.118. The van der Waals surface area contributed by atoms with Crippen LogP contribution in [0.5, 0.6) is 5.75 Å². The van der Waals surface area contributed by atoms with E-state index in [1.54, 1.807) is 30.7 Å². The number of carbonyl (C=O) groups excluding carboxylic acids is 1. The van der Waals surface area contributed by atoms with Gasteiger partial charge in [-0.25, -0.2) is 0 Å². The Bertz CT molecular complexity index is 332. The minimum absolute atomic E-state index is 0.0394. The van der Waals surface area contributed by atoms with Gasteiger partial charge in [0.05, 0.1) is 6.42 Å². The SMILES string of the molecule is CC[C@@H](C)[CH]C(=O)NCc1ccc(O)cc1. The van der Waals surface area contributed by atoms with Crippen LogP contribution in [-0.4, -0.2) is 11.0 Å². The topological polar surface area (TPSA) is 49.3 Å². The fourth-order valence-electron chi connectivity index (χ4n) is 1.24. The standard InChI is InChI=1S/C13H18NO2/c1-3-10(2)8-13(16)14-9-11-4-6-12(15)7-5-11/h4-8,10,15H,3,9H2,1-2H3,(H,14,16)/t10-/m1/s1. The van der Waals surface area contributed by atoms with Crippen molar-refractivity contribution in [3.8, 4) is 5.75 Å². The second-order valence-electron chi connectivity index (χ2n) is 3.94. The van der Waals surface area contributed by atoms with E-state index in [1.165, 1.54) is 0 Å². The molecule has 16 heavy (non-hydrogen) atoms. The maximum absolute atomic E-state index is 11.4. The van der Waals surface area contributed by atoms with Gasteiger partial charge in [0.2, 0.25) is 5.91 Å². The summed E-state index contributed by atoms with van der Waals surface area (Å²) in [7, 11) is 0. The zero-order chi connectivity index (χ0) is 12.0. The van der Waals surface area contributed by atoms with Crippen LogP contribution in [0, 0.1) is 12.3 Å². The highest BCUT2D eigenvalue weighted by molar-refractivity contribution is 5.84. The van der Waals surface area contributed by atoms with Gasteiger partial charge < -0.3 is 10.4 Å². The predicted molar refractivity (Wildman–Crippen MR) is 63.7 cm³/mol. The van der Waals surface area contributed by atoms with Crippen molar-refractivity contribution in [3.63, 3.8) is 0 Å². The van der Waals surface area contributed by atoms with E-state index < -0.39 is 0 Å². The Kier molecular flexibility index (Phi) is 4.83. The van der Waals surface area contributed by atoms with E-state index in [0.29, 0.717) is 12.5 Å². The first-order valence-electron chi connectivity index (χ1n) is 5.52. The Morgan fingerprint density at radius 2 is 2.06 bits per heavy atom. The van der Waals surface area contributed by atoms with Gasteiger partial charge in [-0.3, -0.25) is 4.79 Å². The lowest BCUT2D eigenvalue weighted by Gasteiger charge is -2.08. The van der Waals surface area contributed by atoms with Crippen LogP contribution in [0.25, 0.3) is 0 Å². The Morgan fingerprint density at radius 3 is 2.62 bits per heavy atom. The van der Waals surface area contributed by atoms with Crippen LogP contribution in [0.4, 0.5) is 0 Å². The molecule has 1 rings (SSSR count). The van der Waals surface area contributed by atoms with Crippen molar-refractivity contribution in [2.24, 2.45) is 5.92 Å². The number of benzene rings is 1. The summed E-state index contributed by atoms with van der Waals surface area (Å²) in [6.45, 7) is 4.56. The number of amides is 1.